The van der Waals surface area contributed by atoms with Crippen molar-refractivity contribution in [2.24, 2.45) is 11.3 Å². The van der Waals surface area contributed by atoms with Crippen molar-refractivity contribution >= 4 is 32.3 Å². The molecule has 1 atom stereocenters. The molecular weight excluding hydrogens is 376 g/mol. The highest BCUT2D eigenvalue weighted by Crippen LogP contribution is 2.42. The fourth-order valence-corrected chi connectivity index (χ4v) is 6.00. The Balaban J connectivity index is 1.55. The summed E-state index contributed by atoms with van der Waals surface area (Å²) in [5, 5.41) is 3.27. The molecule has 1 N–H and O–H groups in total. The summed E-state index contributed by atoms with van der Waals surface area (Å²) >= 11 is 1.73. The summed E-state index contributed by atoms with van der Waals surface area (Å²) in [4.78, 5) is 23.2. The lowest BCUT2D eigenvalue weighted by molar-refractivity contribution is 0.218. The van der Waals surface area contributed by atoms with Crippen molar-refractivity contribution in [2.45, 2.75) is 46.5 Å². The number of nitrogens with zero attached hydrogens (tertiary/aromatic N) is 1. The minimum atomic E-state index is 0.0249. The van der Waals surface area contributed by atoms with Gasteiger partial charge < -0.3 is 4.98 Å². The second-order valence-corrected chi connectivity index (χ2v) is 10.4. The van der Waals surface area contributed by atoms with E-state index in [1.165, 1.54) is 26.8 Å². The highest BCUT2D eigenvalue weighted by molar-refractivity contribution is 7.18. The van der Waals surface area contributed by atoms with Crippen molar-refractivity contribution in [3.63, 3.8) is 0 Å². The van der Waals surface area contributed by atoms with Gasteiger partial charge in [-0.1, -0.05) is 63.2 Å². The zero-order chi connectivity index (χ0) is 20.2. The van der Waals surface area contributed by atoms with Gasteiger partial charge in [0.25, 0.3) is 5.56 Å². The smallest absolute Gasteiger partial charge is 0.259 e. The normalized spacial score (nSPS) is 17.0. The highest BCUT2D eigenvalue weighted by atomic mass is 32.1. The maximum atomic E-state index is 13.0. The van der Waals surface area contributed by atoms with E-state index >= 15 is 0 Å². The van der Waals surface area contributed by atoms with E-state index in [1.54, 1.807) is 11.3 Å². The van der Waals surface area contributed by atoms with Crippen molar-refractivity contribution in [2.75, 3.05) is 0 Å². The van der Waals surface area contributed by atoms with Gasteiger partial charge in [0.1, 0.15) is 10.7 Å². The Bertz CT molecular complexity index is 1270. The van der Waals surface area contributed by atoms with E-state index < -0.39 is 0 Å². The first kappa shape index (κ1) is 18.6. The van der Waals surface area contributed by atoms with Crippen LogP contribution in [0.5, 0.6) is 0 Å². The van der Waals surface area contributed by atoms with Crippen LogP contribution in [-0.2, 0) is 19.3 Å². The largest absolute Gasteiger partial charge is 0.310 e. The quantitative estimate of drug-likeness (QED) is 0.455. The van der Waals surface area contributed by atoms with Crippen molar-refractivity contribution in [1.82, 2.24) is 9.97 Å². The molecule has 1 aliphatic carbocycles. The summed E-state index contributed by atoms with van der Waals surface area (Å²) in [7, 11) is 0. The van der Waals surface area contributed by atoms with Gasteiger partial charge in [0.15, 0.2) is 0 Å². The maximum Gasteiger partial charge on any atom is 0.259 e. The van der Waals surface area contributed by atoms with Crippen LogP contribution in [0.4, 0.5) is 0 Å². The fourth-order valence-electron chi connectivity index (χ4n) is 4.68. The predicted octanol–water partition coefficient (Wildman–Crippen LogP) is 5.88. The van der Waals surface area contributed by atoms with Gasteiger partial charge in [0.2, 0.25) is 0 Å². The highest BCUT2D eigenvalue weighted by Gasteiger charge is 2.31. The third kappa shape index (κ3) is 3.29. The Morgan fingerprint density at radius 2 is 1.93 bits per heavy atom. The van der Waals surface area contributed by atoms with E-state index in [9.17, 15) is 4.79 Å². The monoisotopic (exact) mass is 402 g/mol. The van der Waals surface area contributed by atoms with E-state index in [0.29, 0.717) is 17.8 Å². The second-order valence-electron chi connectivity index (χ2n) is 9.32. The Labute approximate surface area is 174 Å². The second kappa shape index (κ2) is 6.81. The number of aryl methyl sites for hydroxylation is 1. The van der Waals surface area contributed by atoms with Gasteiger partial charge in [-0.3, -0.25) is 4.79 Å². The first-order chi connectivity index (χ1) is 13.9. The van der Waals surface area contributed by atoms with E-state index in [-0.39, 0.29) is 5.56 Å². The van der Waals surface area contributed by atoms with Crippen molar-refractivity contribution < 1.29 is 0 Å². The Hall–Kier alpha value is -2.46. The topological polar surface area (TPSA) is 45.8 Å². The molecule has 29 heavy (non-hydrogen) atoms. The van der Waals surface area contributed by atoms with Gasteiger partial charge in [-0.2, -0.15) is 0 Å². The van der Waals surface area contributed by atoms with E-state index in [2.05, 4.69) is 68.2 Å². The predicted molar refractivity (Wildman–Crippen MR) is 122 cm³/mol. The molecule has 4 heteroatoms. The fraction of sp³-hybridized carbons (Fsp3) is 0.360. The van der Waals surface area contributed by atoms with Crippen molar-refractivity contribution in [1.29, 1.82) is 0 Å². The zero-order valence-corrected chi connectivity index (χ0v) is 18.0. The average molecular weight is 403 g/mol. The molecule has 4 aromatic rings. The third-order valence-electron chi connectivity index (χ3n) is 6.43. The van der Waals surface area contributed by atoms with Crippen molar-refractivity contribution in [3.05, 3.63) is 74.6 Å². The van der Waals surface area contributed by atoms with Crippen LogP contribution in [0.3, 0.4) is 0 Å². The molecule has 0 aliphatic heterocycles. The van der Waals surface area contributed by atoms with Crippen LogP contribution in [0.25, 0.3) is 21.0 Å². The lowest BCUT2D eigenvalue weighted by Gasteiger charge is -2.33. The summed E-state index contributed by atoms with van der Waals surface area (Å²) in [6, 6.07) is 14.7. The van der Waals surface area contributed by atoms with Crippen LogP contribution >= 0.6 is 11.3 Å². The van der Waals surface area contributed by atoms with Crippen LogP contribution in [0.1, 0.15) is 49.0 Å². The molecular formula is C25H26N2OS. The number of fused-ring (bicyclic) bond motifs is 4. The number of nitrogens with one attached hydrogen (secondary N) is 1. The molecule has 0 bridgehead atoms. The number of hydrogen-bond donors (Lipinski definition) is 1. The van der Waals surface area contributed by atoms with Gasteiger partial charge in [0, 0.05) is 11.3 Å². The molecule has 5 rings (SSSR count). The first-order valence-electron chi connectivity index (χ1n) is 10.4. The van der Waals surface area contributed by atoms with Crippen LogP contribution in [-0.4, -0.2) is 9.97 Å². The third-order valence-corrected chi connectivity index (χ3v) is 7.58. The SMILES string of the molecule is CC(C)(C)C1CCc2c(sc3nc(Cc4cccc5ccccc45)[nH]c(=O)c23)C1. The molecule has 0 fully saturated rings. The standard InChI is InChI=1S/C25H26N2OS/c1-25(2,3)17-11-12-19-20(14-17)29-24-22(19)23(28)26-21(27-24)13-16-9-6-8-15-7-4-5-10-18(15)16/h4-10,17H,11-14H2,1-3H3,(H,26,27,28). The van der Waals surface area contributed by atoms with Crippen LogP contribution in [0.15, 0.2) is 47.3 Å². The lowest BCUT2D eigenvalue weighted by atomic mass is 9.72. The van der Waals surface area contributed by atoms with Gasteiger partial charge in [-0.25, -0.2) is 4.98 Å². The minimum absolute atomic E-state index is 0.0249. The zero-order valence-electron chi connectivity index (χ0n) is 17.2. The Kier molecular flexibility index (Phi) is 4.36. The van der Waals surface area contributed by atoms with Crippen LogP contribution in [0.2, 0.25) is 0 Å². The van der Waals surface area contributed by atoms with Gasteiger partial charge >= 0.3 is 0 Å². The first-order valence-corrected chi connectivity index (χ1v) is 11.2. The molecule has 0 spiro atoms. The lowest BCUT2D eigenvalue weighted by Crippen LogP contribution is -2.26. The molecule has 148 valence electrons. The van der Waals surface area contributed by atoms with Crippen LogP contribution in [0, 0.1) is 11.3 Å². The van der Waals surface area contributed by atoms with Gasteiger partial charge in [-0.15, -0.1) is 11.3 Å². The van der Waals surface area contributed by atoms with Gasteiger partial charge in [0.05, 0.1) is 5.39 Å². The maximum absolute atomic E-state index is 13.0. The Morgan fingerprint density at radius 1 is 1.14 bits per heavy atom. The Morgan fingerprint density at radius 3 is 2.76 bits per heavy atom. The molecule has 1 aliphatic rings. The molecule has 2 heterocycles. The molecule has 0 amide bonds. The number of H-pyrrole nitrogens is 1. The molecule has 2 aromatic heterocycles. The molecule has 3 nitrogen and oxygen atoms in total. The molecule has 2 aromatic carbocycles. The number of thiophene rings is 1. The summed E-state index contributed by atoms with van der Waals surface area (Å²) in [5.74, 6) is 1.42. The molecule has 1 unspecified atom stereocenters. The number of aromatic amines is 1. The summed E-state index contributed by atoms with van der Waals surface area (Å²) < 4.78 is 0. The minimum Gasteiger partial charge on any atom is -0.310 e. The summed E-state index contributed by atoms with van der Waals surface area (Å²) in [6.07, 6.45) is 3.85. The van der Waals surface area contributed by atoms with Crippen molar-refractivity contribution in [3.8, 4) is 0 Å². The number of rotatable bonds is 2. The van der Waals surface area contributed by atoms with E-state index in [0.717, 1.165) is 35.3 Å². The summed E-state index contributed by atoms with van der Waals surface area (Å²) in [6.45, 7) is 6.97. The van der Waals surface area contributed by atoms with Gasteiger partial charge in [-0.05, 0) is 52.5 Å². The van der Waals surface area contributed by atoms with E-state index in [4.69, 9.17) is 4.98 Å². The molecule has 0 saturated heterocycles. The number of hydrogen-bond acceptors (Lipinski definition) is 3. The van der Waals surface area contributed by atoms with E-state index in [1.807, 2.05) is 0 Å². The molecule has 0 radical (unpaired) electrons. The summed E-state index contributed by atoms with van der Waals surface area (Å²) in [5.41, 5.74) is 2.76. The average Bonchev–Trinajstić information content (AvgIpc) is 3.05. The van der Waals surface area contributed by atoms with Crippen LogP contribution < -0.4 is 5.56 Å². The number of aromatic nitrogens is 2. The molecule has 0 saturated carbocycles. The number of benzene rings is 2.